The summed E-state index contributed by atoms with van der Waals surface area (Å²) in [5, 5.41) is 21.3. The zero-order chi connectivity index (χ0) is 32.9. The summed E-state index contributed by atoms with van der Waals surface area (Å²) in [5.41, 5.74) is 1.57. The van der Waals surface area contributed by atoms with E-state index in [-0.39, 0.29) is 34.7 Å². The number of hydrogen-bond donors (Lipinski definition) is 2. The molecular formula is C36H50O7S. The molecular weight excluding hydrogens is 576 g/mol. The molecule has 2 unspecified atom stereocenters. The van der Waals surface area contributed by atoms with Crippen LogP contribution < -0.4 is 13.7 Å². The summed E-state index contributed by atoms with van der Waals surface area (Å²) < 4.78 is 43.6. The van der Waals surface area contributed by atoms with Crippen molar-refractivity contribution in [1.29, 1.82) is 0 Å². The van der Waals surface area contributed by atoms with Crippen LogP contribution in [-0.4, -0.2) is 44.1 Å². The summed E-state index contributed by atoms with van der Waals surface area (Å²) in [4.78, 5) is 0.0985. The van der Waals surface area contributed by atoms with Gasteiger partial charge in [0.15, 0.2) is 11.5 Å². The molecule has 0 aromatic heterocycles. The Morgan fingerprint density at radius 3 is 1.64 bits per heavy atom. The first kappa shape index (κ1) is 35.4. The summed E-state index contributed by atoms with van der Waals surface area (Å²) in [6, 6.07) is 19.5. The van der Waals surface area contributed by atoms with Gasteiger partial charge in [-0.1, -0.05) is 91.8 Å². The van der Waals surface area contributed by atoms with Crippen molar-refractivity contribution in [2.45, 2.75) is 97.7 Å². The minimum absolute atomic E-state index is 0.0808. The Morgan fingerprint density at radius 2 is 1.16 bits per heavy atom. The summed E-state index contributed by atoms with van der Waals surface area (Å²) in [6.45, 7) is 18.0. The highest BCUT2D eigenvalue weighted by Crippen LogP contribution is 2.43. The van der Waals surface area contributed by atoms with Gasteiger partial charge in [0, 0.05) is 5.41 Å². The van der Waals surface area contributed by atoms with E-state index in [1.54, 1.807) is 24.3 Å². The zero-order valence-electron chi connectivity index (χ0n) is 27.7. The smallest absolute Gasteiger partial charge is 0.339 e. The molecule has 44 heavy (non-hydrogen) atoms. The van der Waals surface area contributed by atoms with Gasteiger partial charge >= 0.3 is 10.1 Å². The number of rotatable bonds is 13. The lowest BCUT2D eigenvalue weighted by Crippen LogP contribution is -2.33. The predicted molar refractivity (Wildman–Crippen MR) is 175 cm³/mol. The van der Waals surface area contributed by atoms with E-state index in [2.05, 4.69) is 13.8 Å². The van der Waals surface area contributed by atoms with Gasteiger partial charge in [0.1, 0.15) is 23.9 Å². The summed E-state index contributed by atoms with van der Waals surface area (Å²) in [6.07, 6.45) is 0.135. The van der Waals surface area contributed by atoms with Gasteiger partial charge in [-0.3, -0.25) is 0 Å². The Bertz CT molecular complexity index is 1480. The lowest BCUT2D eigenvalue weighted by atomic mass is 9.70. The minimum atomic E-state index is -3.97. The maximum absolute atomic E-state index is 12.9. The van der Waals surface area contributed by atoms with Crippen molar-refractivity contribution in [3.8, 4) is 17.2 Å². The van der Waals surface area contributed by atoms with Crippen molar-refractivity contribution >= 4 is 10.1 Å². The monoisotopic (exact) mass is 626 g/mol. The molecule has 3 aromatic rings. The van der Waals surface area contributed by atoms with Crippen LogP contribution >= 0.6 is 0 Å². The highest BCUT2D eigenvalue weighted by Gasteiger charge is 2.33. The van der Waals surface area contributed by atoms with E-state index in [1.165, 1.54) is 12.1 Å². The van der Waals surface area contributed by atoms with Gasteiger partial charge in [-0.15, -0.1) is 0 Å². The van der Waals surface area contributed by atoms with Crippen molar-refractivity contribution in [1.82, 2.24) is 0 Å². The quantitative estimate of drug-likeness (QED) is 0.190. The fourth-order valence-corrected chi connectivity index (χ4v) is 5.91. The molecule has 2 N–H and O–H groups in total. The second kappa shape index (κ2) is 13.9. The summed E-state index contributed by atoms with van der Waals surface area (Å²) in [7, 11) is -3.97. The lowest BCUT2D eigenvalue weighted by Gasteiger charge is -2.34. The van der Waals surface area contributed by atoms with Gasteiger partial charge in [0.2, 0.25) is 0 Å². The number of aliphatic hydroxyl groups is 2. The molecule has 0 spiro atoms. The molecule has 0 radical (unpaired) electrons. The maximum atomic E-state index is 12.9. The molecule has 0 saturated heterocycles. The molecule has 242 valence electrons. The van der Waals surface area contributed by atoms with E-state index in [4.69, 9.17) is 13.7 Å². The van der Waals surface area contributed by atoms with Crippen LogP contribution in [0.5, 0.6) is 17.2 Å². The van der Waals surface area contributed by atoms with E-state index >= 15 is 0 Å². The third-order valence-corrected chi connectivity index (χ3v) is 9.70. The van der Waals surface area contributed by atoms with Crippen molar-refractivity contribution in [3.05, 3.63) is 83.4 Å². The molecule has 0 bridgehead atoms. The van der Waals surface area contributed by atoms with Gasteiger partial charge in [-0.25, -0.2) is 0 Å². The van der Waals surface area contributed by atoms with Gasteiger partial charge in [-0.05, 0) is 77.6 Å². The molecule has 8 heteroatoms. The van der Waals surface area contributed by atoms with Crippen molar-refractivity contribution < 1.29 is 32.3 Å². The predicted octanol–water partition coefficient (Wildman–Crippen LogP) is 7.44. The second-order valence-corrected chi connectivity index (χ2v) is 15.2. The first-order valence-electron chi connectivity index (χ1n) is 15.3. The number of aryl methyl sites for hydroxylation is 1. The first-order valence-corrected chi connectivity index (χ1v) is 16.7. The Kier molecular flexibility index (Phi) is 11.2. The maximum Gasteiger partial charge on any atom is 0.339 e. The van der Waals surface area contributed by atoms with Crippen molar-refractivity contribution in [2.75, 3.05) is 13.2 Å². The SMILES string of the molecule is CCC(CC)(c1ccc(OS(=O)(=O)c2ccccc2)c(C)c1)c1ccc(OCC(O)C(C)(C)C)c(OCC(O)C(C)(C)C)c1. The van der Waals surface area contributed by atoms with Crippen LogP contribution in [0.1, 0.15) is 84.9 Å². The molecule has 7 nitrogen and oxygen atoms in total. The third-order valence-electron chi connectivity index (χ3n) is 8.46. The van der Waals surface area contributed by atoms with E-state index in [1.807, 2.05) is 78.8 Å². The standard InChI is InChI=1S/C36H50O7S/c1-10-36(11-2,26-17-19-29(25(3)21-26)43-44(39,40)28-15-13-12-14-16-28)27-18-20-30(41-23-32(37)34(4,5)6)31(22-27)42-24-33(38)35(7,8)9/h12-22,32-33,37-38H,10-11,23-24H2,1-9H3. The number of benzene rings is 3. The average Bonchev–Trinajstić information content (AvgIpc) is 2.96. The molecule has 2 atom stereocenters. The van der Waals surface area contributed by atoms with Crippen LogP contribution in [0.15, 0.2) is 71.6 Å². The van der Waals surface area contributed by atoms with Crippen molar-refractivity contribution in [3.63, 3.8) is 0 Å². The first-order chi connectivity index (χ1) is 20.4. The number of aliphatic hydroxyl groups excluding tert-OH is 2. The Morgan fingerprint density at radius 1 is 0.682 bits per heavy atom. The van der Waals surface area contributed by atoms with Crippen LogP contribution in [0, 0.1) is 17.8 Å². The minimum Gasteiger partial charge on any atom is -0.487 e. The normalized spacial score (nSPS) is 14.2. The fraction of sp³-hybridized carbons (Fsp3) is 0.500. The van der Waals surface area contributed by atoms with Crippen LogP contribution in [0.4, 0.5) is 0 Å². The Hall–Kier alpha value is -3.07. The molecule has 0 aliphatic heterocycles. The van der Waals surface area contributed by atoms with Gasteiger partial charge < -0.3 is 23.9 Å². The lowest BCUT2D eigenvalue weighted by molar-refractivity contribution is 0.0136. The number of hydrogen-bond acceptors (Lipinski definition) is 7. The molecule has 0 amide bonds. The highest BCUT2D eigenvalue weighted by atomic mass is 32.2. The second-order valence-electron chi connectivity index (χ2n) is 13.7. The van der Waals surface area contributed by atoms with Gasteiger partial charge in [0.25, 0.3) is 0 Å². The van der Waals surface area contributed by atoms with Gasteiger partial charge in [-0.2, -0.15) is 8.42 Å². The zero-order valence-corrected chi connectivity index (χ0v) is 28.5. The molecule has 0 heterocycles. The van der Waals surface area contributed by atoms with Crippen LogP contribution in [-0.2, 0) is 15.5 Å². The summed E-state index contributed by atoms with van der Waals surface area (Å²) >= 11 is 0. The Labute approximate surface area is 264 Å². The Balaban J connectivity index is 2.01. The average molecular weight is 627 g/mol. The largest absolute Gasteiger partial charge is 0.487 e. The van der Waals surface area contributed by atoms with Crippen LogP contribution in [0.2, 0.25) is 0 Å². The van der Waals surface area contributed by atoms with E-state index in [0.29, 0.717) is 17.1 Å². The van der Waals surface area contributed by atoms with Gasteiger partial charge in [0.05, 0.1) is 12.2 Å². The fourth-order valence-electron chi connectivity index (χ4n) is 4.90. The molecule has 3 aromatic carbocycles. The topological polar surface area (TPSA) is 102 Å². The van der Waals surface area contributed by atoms with E-state index in [9.17, 15) is 18.6 Å². The van der Waals surface area contributed by atoms with Crippen LogP contribution in [0.25, 0.3) is 0 Å². The molecule has 3 rings (SSSR count). The molecule has 0 aliphatic carbocycles. The number of ether oxygens (including phenoxy) is 2. The highest BCUT2D eigenvalue weighted by molar-refractivity contribution is 7.87. The summed E-state index contributed by atoms with van der Waals surface area (Å²) in [5.74, 6) is 1.26. The van der Waals surface area contributed by atoms with E-state index < -0.39 is 27.7 Å². The molecule has 0 aliphatic rings. The molecule has 0 saturated carbocycles. The van der Waals surface area contributed by atoms with E-state index in [0.717, 1.165) is 24.0 Å². The van der Waals surface area contributed by atoms with Crippen LogP contribution in [0.3, 0.4) is 0 Å². The third kappa shape index (κ3) is 8.34. The molecule has 0 fully saturated rings. The van der Waals surface area contributed by atoms with Crippen molar-refractivity contribution in [2.24, 2.45) is 10.8 Å².